The van der Waals surface area contributed by atoms with Gasteiger partial charge in [0.05, 0.1) is 19.2 Å². The molecular formula is C10H17BrN2O2. The number of nitrogens with one attached hydrogen (secondary N) is 1. The lowest BCUT2D eigenvalue weighted by molar-refractivity contribution is 0.144. The van der Waals surface area contributed by atoms with Gasteiger partial charge in [-0.05, 0) is 12.3 Å². The molecule has 0 aliphatic carbocycles. The molecule has 0 bridgehead atoms. The van der Waals surface area contributed by atoms with Gasteiger partial charge in [0, 0.05) is 11.0 Å². The lowest BCUT2D eigenvalue weighted by atomic mass is 10.0. The number of likely N-dealkylation sites (tertiary alicyclic amines) is 1. The molecule has 0 aromatic carbocycles. The Kier molecular flexibility index (Phi) is 4.60. The Morgan fingerprint density at radius 3 is 2.93 bits per heavy atom. The minimum Gasteiger partial charge on any atom is -0.394 e. The van der Waals surface area contributed by atoms with Gasteiger partial charge in [0.1, 0.15) is 0 Å². The second-order valence-corrected chi connectivity index (χ2v) is 5.01. The smallest absolute Gasteiger partial charge is 0.318 e. The maximum atomic E-state index is 11.7. The summed E-state index contributed by atoms with van der Waals surface area (Å²) >= 11 is 3.18. The number of aliphatic hydroxyl groups excluding tert-OH is 1. The summed E-state index contributed by atoms with van der Waals surface area (Å²) < 4.78 is 0.739. The molecule has 0 aromatic rings. The van der Waals surface area contributed by atoms with Crippen molar-refractivity contribution in [2.45, 2.75) is 19.4 Å². The topological polar surface area (TPSA) is 52.6 Å². The van der Waals surface area contributed by atoms with Gasteiger partial charge >= 0.3 is 6.03 Å². The zero-order chi connectivity index (χ0) is 11.4. The van der Waals surface area contributed by atoms with Crippen LogP contribution in [-0.2, 0) is 0 Å². The highest BCUT2D eigenvalue weighted by molar-refractivity contribution is 9.11. The number of nitrogens with zero attached hydrogens (tertiary/aromatic N) is 1. The molecular weight excluding hydrogens is 260 g/mol. The van der Waals surface area contributed by atoms with E-state index in [1.165, 1.54) is 0 Å². The molecule has 0 radical (unpaired) electrons. The SMILES string of the molecule is C=C(Br)CNC(=O)N1CC[C@H](C)[C@H]1CO. The Bertz CT molecular complexity index is 258. The van der Waals surface area contributed by atoms with Crippen molar-refractivity contribution in [1.82, 2.24) is 10.2 Å². The maximum Gasteiger partial charge on any atom is 0.318 e. The van der Waals surface area contributed by atoms with E-state index in [0.717, 1.165) is 10.9 Å². The molecule has 15 heavy (non-hydrogen) atoms. The first-order chi connectivity index (χ1) is 7.06. The fourth-order valence-electron chi connectivity index (χ4n) is 1.81. The summed E-state index contributed by atoms with van der Waals surface area (Å²) in [7, 11) is 0. The second-order valence-electron chi connectivity index (χ2n) is 3.89. The Morgan fingerprint density at radius 2 is 2.40 bits per heavy atom. The van der Waals surface area contributed by atoms with Gasteiger partial charge in [0.2, 0.25) is 0 Å². The fourth-order valence-corrected chi connectivity index (χ4v) is 1.95. The summed E-state index contributed by atoms with van der Waals surface area (Å²) in [5, 5.41) is 11.9. The monoisotopic (exact) mass is 276 g/mol. The summed E-state index contributed by atoms with van der Waals surface area (Å²) in [5.41, 5.74) is 0. The number of hydrogen-bond donors (Lipinski definition) is 2. The van der Waals surface area contributed by atoms with Crippen LogP contribution in [0.5, 0.6) is 0 Å². The average molecular weight is 277 g/mol. The predicted octanol–water partition coefficient (Wildman–Crippen LogP) is 1.31. The Balaban J connectivity index is 2.48. The van der Waals surface area contributed by atoms with E-state index < -0.39 is 0 Å². The van der Waals surface area contributed by atoms with Crippen LogP contribution in [0.1, 0.15) is 13.3 Å². The molecule has 0 saturated carbocycles. The molecule has 0 spiro atoms. The number of carbonyl (C=O) groups excluding carboxylic acids is 1. The third-order valence-corrected chi connectivity index (χ3v) is 3.04. The van der Waals surface area contributed by atoms with Crippen molar-refractivity contribution < 1.29 is 9.90 Å². The minimum atomic E-state index is -0.126. The van der Waals surface area contributed by atoms with Crippen molar-refractivity contribution in [2.24, 2.45) is 5.92 Å². The molecule has 0 unspecified atom stereocenters. The van der Waals surface area contributed by atoms with Crippen LogP contribution in [0.25, 0.3) is 0 Å². The van der Waals surface area contributed by atoms with Crippen LogP contribution < -0.4 is 5.32 Å². The Hall–Kier alpha value is -0.550. The molecule has 2 atom stereocenters. The quantitative estimate of drug-likeness (QED) is 0.817. The molecule has 5 heteroatoms. The summed E-state index contributed by atoms with van der Waals surface area (Å²) in [5.74, 6) is 0.368. The first-order valence-electron chi connectivity index (χ1n) is 5.05. The fraction of sp³-hybridized carbons (Fsp3) is 0.700. The van der Waals surface area contributed by atoms with Crippen LogP contribution in [0.3, 0.4) is 0 Å². The van der Waals surface area contributed by atoms with E-state index in [9.17, 15) is 9.90 Å². The van der Waals surface area contributed by atoms with Gasteiger partial charge < -0.3 is 15.3 Å². The standard InChI is InChI=1S/C10H17BrN2O2/c1-7-3-4-13(9(7)6-14)10(15)12-5-8(2)11/h7,9,14H,2-6H2,1H3,(H,12,15)/t7-,9+/m0/s1. The van der Waals surface area contributed by atoms with Crippen LogP contribution >= 0.6 is 15.9 Å². The van der Waals surface area contributed by atoms with Crippen molar-refractivity contribution in [2.75, 3.05) is 19.7 Å². The molecule has 1 rings (SSSR count). The number of rotatable bonds is 3. The van der Waals surface area contributed by atoms with Crippen LogP contribution in [0.2, 0.25) is 0 Å². The largest absolute Gasteiger partial charge is 0.394 e. The van der Waals surface area contributed by atoms with Gasteiger partial charge in [-0.2, -0.15) is 0 Å². The molecule has 1 saturated heterocycles. The third-order valence-electron chi connectivity index (χ3n) is 2.76. The van der Waals surface area contributed by atoms with Crippen LogP contribution in [0.4, 0.5) is 4.79 Å². The third kappa shape index (κ3) is 3.21. The molecule has 1 aliphatic heterocycles. The lowest BCUT2D eigenvalue weighted by Crippen LogP contribution is -2.45. The van der Waals surface area contributed by atoms with Gasteiger partial charge in [0.15, 0.2) is 0 Å². The van der Waals surface area contributed by atoms with Gasteiger partial charge in [0.25, 0.3) is 0 Å². The van der Waals surface area contributed by atoms with E-state index in [1.54, 1.807) is 4.90 Å². The maximum absolute atomic E-state index is 11.7. The van der Waals surface area contributed by atoms with Crippen molar-refractivity contribution in [3.63, 3.8) is 0 Å². The van der Waals surface area contributed by atoms with Crippen LogP contribution in [-0.4, -0.2) is 41.8 Å². The molecule has 1 fully saturated rings. The Morgan fingerprint density at radius 1 is 1.73 bits per heavy atom. The van der Waals surface area contributed by atoms with Gasteiger partial charge in [-0.3, -0.25) is 0 Å². The summed E-state index contributed by atoms with van der Waals surface area (Å²) in [6.07, 6.45) is 0.952. The van der Waals surface area contributed by atoms with E-state index in [2.05, 4.69) is 34.7 Å². The van der Waals surface area contributed by atoms with E-state index >= 15 is 0 Å². The summed E-state index contributed by atoms with van der Waals surface area (Å²) in [6.45, 7) is 6.86. The van der Waals surface area contributed by atoms with Crippen LogP contribution in [0, 0.1) is 5.92 Å². The van der Waals surface area contributed by atoms with E-state index in [1.807, 2.05) is 0 Å². The number of carbonyl (C=O) groups is 1. The summed E-state index contributed by atoms with van der Waals surface area (Å²) in [4.78, 5) is 13.4. The number of hydrogen-bond acceptors (Lipinski definition) is 2. The summed E-state index contributed by atoms with van der Waals surface area (Å²) in [6, 6.07) is -0.174. The van der Waals surface area contributed by atoms with E-state index in [0.29, 0.717) is 19.0 Å². The zero-order valence-electron chi connectivity index (χ0n) is 8.87. The average Bonchev–Trinajstić information content (AvgIpc) is 2.55. The number of halogens is 1. The van der Waals surface area contributed by atoms with Crippen molar-refractivity contribution in [1.29, 1.82) is 0 Å². The normalized spacial score (nSPS) is 25.4. The van der Waals surface area contributed by atoms with Crippen molar-refractivity contribution in [3.8, 4) is 0 Å². The van der Waals surface area contributed by atoms with E-state index in [4.69, 9.17) is 0 Å². The molecule has 4 nitrogen and oxygen atoms in total. The van der Waals surface area contributed by atoms with Gasteiger partial charge in [-0.15, -0.1) is 0 Å². The first kappa shape index (κ1) is 12.5. The van der Waals surface area contributed by atoms with Gasteiger partial charge in [-0.1, -0.05) is 29.4 Å². The molecule has 0 aromatic heterocycles. The molecule has 1 aliphatic rings. The Labute approximate surface area is 98.5 Å². The number of urea groups is 1. The second kappa shape index (κ2) is 5.51. The molecule has 86 valence electrons. The van der Waals surface area contributed by atoms with Gasteiger partial charge in [-0.25, -0.2) is 4.79 Å². The van der Waals surface area contributed by atoms with Crippen LogP contribution in [0.15, 0.2) is 11.1 Å². The van der Waals surface area contributed by atoms with Crippen molar-refractivity contribution >= 4 is 22.0 Å². The number of aliphatic hydroxyl groups is 1. The lowest BCUT2D eigenvalue weighted by Gasteiger charge is -2.25. The molecule has 2 amide bonds. The highest BCUT2D eigenvalue weighted by Crippen LogP contribution is 2.23. The predicted molar refractivity (Wildman–Crippen MR) is 62.8 cm³/mol. The van der Waals surface area contributed by atoms with Crippen molar-refractivity contribution in [3.05, 3.63) is 11.1 Å². The molecule has 2 N–H and O–H groups in total. The minimum absolute atomic E-state index is 0.0316. The highest BCUT2D eigenvalue weighted by Gasteiger charge is 2.33. The highest BCUT2D eigenvalue weighted by atomic mass is 79.9. The van der Waals surface area contributed by atoms with E-state index in [-0.39, 0.29) is 18.7 Å². The molecule has 1 heterocycles. The zero-order valence-corrected chi connectivity index (χ0v) is 10.5. The first-order valence-corrected chi connectivity index (χ1v) is 5.84. The number of amides is 2.